The van der Waals surface area contributed by atoms with E-state index in [9.17, 15) is 10.2 Å². The smallest absolute Gasteiger partial charge is 0.124 e. The summed E-state index contributed by atoms with van der Waals surface area (Å²) in [5.74, 6) is 0.175. The minimum atomic E-state index is -0.0190. The van der Waals surface area contributed by atoms with Crippen molar-refractivity contribution in [2.24, 2.45) is 0 Å². The topological polar surface area (TPSA) is 65.4 Å². The summed E-state index contributed by atoms with van der Waals surface area (Å²) in [4.78, 5) is 4.32. The van der Waals surface area contributed by atoms with Crippen molar-refractivity contribution in [3.8, 4) is 11.5 Å². The highest BCUT2D eigenvalue weighted by molar-refractivity contribution is 7.09. The molecule has 2 atom stereocenters. The Kier molecular flexibility index (Phi) is 4.39. The minimum Gasteiger partial charge on any atom is -0.508 e. The third kappa shape index (κ3) is 3.24. The molecule has 4 nitrogen and oxygen atoms in total. The maximum Gasteiger partial charge on any atom is 0.124 e. The first-order valence-electron chi connectivity index (χ1n) is 6.29. The van der Waals surface area contributed by atoms with Gasteiger partial charge in [0.2, 0.25) is 0 Å². The van der Waals surface area contributed by atoms with Crippen LogP contribution in [0.5, 0.6) is 11.5 Å². The van der Waals surface area contributed by atoms with Gasteiger partial charge in [-0.3, -0.25) is 0 Å². The average molecular weight is 278 g/mol. The van der Waals surface area contributed by atoms with Crippen LogP contribution in [0.3, 0.4) is 0 Å². The number of hydrogen-bond acceptors (Lipinski definition) is 5. The first-order valence-corrected chi connectivity index (χ1v) is 7.17. The zero-order valence-corrected chi connectivity index (χ0v) is 11.8. The fraction of sp³-hybridized carbons (Fsp3) is 0.357. The van der Waals surface area contributed by atoms with Crippen LogP contribution < -0.4 is 5.32 Å². The third-order valence-electron chi connectivity index (χ3n) is 3.09. The van der Waals surface area contributed by atoms with E-state index in [0.29, 0.717) is 0 Å². The molecule has 0 spiro atoms. The molecule has 2 rings (SSSR count). The number of hydrogen-bond donors (Lipinski definition) is 3. The first-order chi connectivity index (χ1) is 9.11. The van der Waals surface area contributed by atoms with Crippen LogP contribution in [-0.4, -0.2) is 15.2 Å². The Labute approximate surface area is 116 Å². The van der Waals surface area contributed by atoms with Crippen LogP contribution >= 0.6 is 11.3 Å². The quantitative estimate of drug-likeness (QED) is 0.784. The summed E-state index contributed by atoms with van der Waals surface area (Å²) in [6, 6.07) is 4.82. The number of benzene rings is 1. The number of phenolic OH excluding ortho intramolecular Hbond substituents is 2. The normalized spacial score (nSPS) is 14.2. The maximum absolute atomic E-state index is 9.86. The van der Waals surface area contributed by atoms with Gasteiger partial charge in [0.15, 0.2) is 0 Å². The second kappa shape index (κ2) is 6.04. The average Bonchev–Trinajstić information content (AvgIpc) is 2.89. The molecule has 5 heteroatoms. The van der Waals surface area contributed by atoms with Crippen LogP contribution in [0, 0.1) is 0 Å². The van der Waals surface area contributed by atoms with Crippen molar-refractivity contribution in [3.05, 3.63) is 40.3 Å². The van der Waals surface area contributed by atoms with Crippen molar-refractivity contribution in [2.45, 2.75) is 32.4 Å². The summed E-state index contributed by atoms with van der Waals surface area (Å²) in [5.41, 5.74) is 0.771. The van der Waals surface area contributed by atoms with Crippen molar-refractivity contribution in [2.75, 3.05) is 0 Å². The van der Waals surface area contributed by atoms with Crippen LogP contribution in [0.2, 0.25) is 0 Å². The molecule has 102 valence electrons. The Morgan fingerprint density at radius 3 is 2.74 bits per heavy atom. The summed E-state index contributed by atoms with van der Waals surface area (Å²) in [6.07, 6.45) is 2.73. The van der Waals surface area contributed by atoms with Crippen molar-refractivity contribution >= 4 is 11.3 Å². The molecule has 0 aliphatic heterocycles. The fourth-order valence-electron chi connectivity index (χ4n) is 2.06. The van der Waals surface area contributed by atoms with Gasteiger partial charge in [0, 0.05) is 29.2 Å². The predicted molar refractivity (Wildman–Crippen MR) is 76.5 cm³/mol. The molecule has 0 aliphatic rings. The Bertz CT molecular complexity index is 528. The molecule has 0 saturated carbocycles. The summed E-state index contributed by atoms with van der Waals surface area (Å²) >= 11 is 1.62. The lowest BCUT2D eigenvalue weighted by Crippen LogP contribution is -2.24. The Morgan fingerprint density at radius 2 is 2.16 bits per heavy atom. The van der Waals surface area contributed by atoms with E-state index in [0.717, 1.165) is 17.0 Å². The number of aromatic hydroxyl groups is 2. The number of rotatable bonds is 5. The van der Waals surface area contributed by atoms with Crippen LogP contribution in [0.1, 0.15) is 42.9 Å². The Balaban J connectivity index is 2.13. The van der Waals surface area contributed by atoms with Gasteiger partial charge in [-0.25, -0.2) is 4.98 Å². The molecule has 0 aliphatic carbocycles. The zero-order chi connectivity index (χ0) is 13.8. The van der Waals surface area contributed by atoms with Gasteiger partial charge in [-0.05, 0) is 19.4 Å². The lowest BCUT2D eigenvalue weighted by molar-refractivity contribution is 0.416. The first kappa shape index (κ1) is 13.8. The zero-order valence-electron chi connectivity index (χ0n) is 11.0. The molecular weight excluding hydrogens is 260 g/mol. The van der Waals surface area contributed by atoms with E-state index in [1.165, 1.54) is 6.07 Å². The van der Waals surface area contributed by atoms with Crippen molar-refractivity contribution < 1.29 is 10.2 Å². The molecule has 0 fully saturated rings. The number of thiazole rings is 1. The van der Waals surface area contributed by atoms with E-state index in [-0.39, 0.29) is 23.6 Å². The number of phenols is 2. The van der Waals surface area contributed by atoms with Crippen LogP contribution in [0.4, 0.5) is 0 Å². The van der Waals surface area contributed by atoms with Gasteiger partial charge in [0.05, 0.1) is 6.04 Å². The van der Waals surface area contributed by atoms with Crippen molar-refractivity contribution in [1.82, 2.24) is 10.3 Å². The molecule has 0 saturated heterocycles. The number of aromatic nitrogens is 1. The van der Waals surface area contributed by atoms with Crippen molar-refractivity contribution in [1.29, 1.82) is 0 Å². The Hall–Kier alpha value is -1.59. The van der Waals surface area contributed by atoms with Crippen molar-refractivity contribution in [3.63, 3.8) is 0 Å². The summed E-state index contributed by atoms with van der Waals surface area (Å²) in [7, 11) is 0. The molecule has 2 unspecified atom stereocenters. The van der Waals surface area contributed by atoms with Gasteiger partial charge in [-0.15, -0.1) is 11.3 Å². The highest BCUT2D eigenvalue weighted by Gasteiger charge is 2.17. The van der Waals surface area contributed by atoms with Crippen LogP contribution in [-0.2, 0) is 0 Å². The van der Waals surface area contributed by atoms with E-state index in [1.54, 1.807) is 29.7 Å². The molecule has 1 aromatic heterocycles. The molecule has 1 aromatic carbocycles. The summed E-state index contributed by atoms with van der Waals surface area (Å²) in [5, 5.41) is 25.6. The number of nitrogens with zero attached hydrogens (tertiary/aromatic N) is 1. The molecule has 3 N–H and O–H groups in total. The van der Waals surface area contributed by atoms with Crippen LogP contribution in [0.25, 0.3) is 0 Å². The lowest BCUT2D eigenvalue weighted by atomic mass is 10.1. The summed E-state index contributed by atoms with van der Waals surface area (Å²) < 4.78 is 0. The predicted octanol–water partition coefficient (Wildman–Crippen LogP) is 3.36. The molecule has 0 bridgehead atoms. The van der Waals surface area contributed by atoms with Gasteiger partial charge in [0.1, 0.15) is 16.5 Å². The standard InChI is InChI=1S/C14H18N2O2S/c1-3-12(14-15-6-7-19-14)16-9(2)11-5-4-10(17)8-13(11)18/h4-9,12,16-18H,3H2,1-2H3. The Morgan fingerprint density at radius 1 is 1.37 bits per heavy atom. The maximum atomic E-state index is 9.86. The van der Waals surface area contributed by atoms with E-state index < -0.39 is 0 Å². The molecule has 2 aromatic rings. The fourth-order valence-corrected chi connectivity index (χ4v) is 2.84. The van der Waals surface area contributed by atoms with Gasteiger partial charge in [-0.2, -0.15) is 0 Å². The van der Waals surface area contributed by atoms with Crippen LogP contribution in [0.15, 0.2) is 29.8 Å². The molecule has 0 amide bonds. The highest BCUT2D eigenvalue weighted by Crippen LogP contribution is 2.30. The van der Waals surface area contributed by atoms with E-state index in [1.807, 2.05) is 12.3 Å². The highest BCUT2D eigenvalue weighted by atomic mass is 32.1. The number of nitrogens with one attached hydrogen (secondary N) is 1. The van der Waals surface area contributed by atoms with Gasteiger partial charge in [0.25, 0.3) is 0 Å². The molecule has 1 heterocycles. The van der Waals surface area contributed by atoms with E-state index in [2.05, 4.69) is 17.2 Å². The minimum absolute atomic E-state index is 0.0190. The largest absolute Gasteiger partial charge is 0.508 e. The van der Waals surface area contributed by atoms with Gasteiger partial charge < -0.3 is 15.5 Å². The third-order valence-corrected chi connectivity index (χ3v) is 3.98. The second-order valence-corrected chi connectivity index (χ2v) is 5.39. The monoisotopic (exact) mass is 278 g/mol. The lowest BCUT2D eigenvalue weighted by Gasteiger charge is -2.21. The van der Waals surface area contributed by atoms with Gasteiger partial charge in [-0.1, -0.05) is 13.0 Å². The second-order valence-electron chi connectivity index (χ2n) is 4.46. The summed E-state index contributed by atoms with van der Waals surface area (Å²) in [6.45, 7) is 4.09. The molecule has 19 heavy (non-hydrogen) atoms. The molecule has 0 radical (unpaired) electrons. The van der Waals surface area contributed by atoms with E-state index in [4.69, 9.17) is 0 Å². The van der Waals surface area contributed by atoms with E-state index >= 15 is 0 Å². The van der Waals surface area contributed by atoms with Gasteiger partial charge >= 0.3 is 0 Å². The molecular formula is C14H18N2O2S. The SMILES string of the molecule is CCC(NC(C)c1ccc(O)cc1O)c1nccs1.